The number of carbonyl (C=O) groups excluding carboxylic acids is 2. The van der Waals surface area contributed by atoms with Crippen molar-refractivity contribution in [1.29, 1.82) is 0 Å². The van der Waals surface area contributed by atoms with E-state index in [4.69, 9.17) is 11.6 Å². The van der Waals surface area contributed by atoms with Gasteiger partial charge < -0.3 is 14.8 Å². The summed E-state index contributed by atoms with van der Waals surface area (Å²) in [6.45, 7) is 8.44. The highest BCUT2D eigenvalue weighted by atomic mass is 35.5. The molecule has 2 aromatic carbocycles. The fraction of sp³-hybridized carbons (Fsp3) is 0.452. The van der Waals surface area contributed by atoms with E-state index in [1.807, 2.05) is 40.1 Å². The SMILES string of the molecule is CC(C)(C)CN1Cc2c(cc(Cl)c3[nH]ncc23)CC(CC(=O)N2CCC(c3nc4ccccc4[nH]c3=O)CC2)C1=O. The molecule has 4 heterocycles. The Hall–Kier alpha value is -3.72. The number of halogens is 1. The summed E-state index contributed by atoms with van der Waals surface area (Å²) in [7, 11) is 0. The summed E-state index contributed by atoms with van der Waals surface area (Å²) < 4.78 is 0. The molecule has 2 aliphatic rings. The quantitative estimate of drug-likeness (QED) is 0.363. The minimum Gasteiger partial charge on any atom is -0.343 e. The predicted molar refractivity (Wildman–Crippen MR) is 159 cm³/mol. The van der Waals surface area contributed by atoms with Gasteiger partial charge >= 0.3 is 0 Å². The van der Waals surface area contributed by atoms with Gasteiger partial charge in [-0.1, -0.05) is 44.5 Å². The summed E-state index contributed by atoms with van der Waals surface area (Å²) in [5.74, 6) is -0.523. The number of para-hydroxylation sites is 2. The van der Waals surface area contributed by atoms with Crippen molar-refractivity contribution in [3.05, 3.63) is 68.7 Å². The van der Waals surface area contributed by atoms with Gasteiger partial charge in [0.25, 0.3) is 5.56 Å². The number of nitrogens with zero attached hydrogens (tertiary/aromatic N) is 4. The van der Waals surface area contributed by atoms with Crippen molar-refractivity contribution in [3.63, 3.8) is 0 Å². The van der Waals surface area contributed by atoms with Crippen LogP contribution in [0.25, 0.3) is 21.9 Å². The molecule has 0 spiro atoms. The van der Waals surface area contributed by atoms with Crippen LogP contribution in [0.4, 0.5) is 0 Å². The Bertz CT molecular complexity index is 1700. The van der Waals surface area contributed by atoms with E-state index >= 15 is 0 Å². The molecule has 9 nitrogen and oxygen atoms in total. The van der Waals surface area contributed by atoms with Crippen LogP contribution >= 0.6 is 11.6 Å². The number of piperidine rings is 1. The molecular weight excluding hydrogens is 540 g/mol. The molecule has 0 saturated carbocycles. The number of carbonyl (C=O) groups is 2. The van der Waals surface area contributed by atoms with Crippen molar-refractivity contribution < 1.29 is 9.59 Å². The second-order valence-electron chi connectivity index (χ2n) is 12.6. The van der Waals surface area contributed by atoms with Crippen LogP contribution in [0.2, 0.25) is 5.02 Å². The first-order chi connectivity index (χ1) is 19.6. The molecule has 214 valence electrons. The minimum atomic E-state index is -0.478. The van der Waals surface area contributed by atoms with E-state index in [0.29, 0.717) is 56.2 Å². The Morgan fingerprint density at radius 3 is 2.66 bits per heavy atom. The molecule has 2 N–H and O–H groups in total. The molecule has 4 aromatic rings. The molecule has 0 radical (unpaired) electrons. The maximum absolute atomic E-state index is 13.9. The Labute approximate surface area is 243 Å². The van der Waals surface area contributed by atoms with Gasteiger partial charge in [0.15, 0.2) is 0 Å². The zero-order chi connectivity index (χ0) is 28.9. The van der Waals surface area contributed by atoms with E-state index in [2.05, 4.69) is 40.9 Å². The molecule has 41 heavy (non-hydrogen) atoms. The highest BCUT2D eigenvalue weighted by molar-refractivity contribution is 6.35. The third kappa shape index (κ3) is 5.47. The average molecular weight is 575 g/mol. The van der Waals surface area contributed by atoms with Crippen molar-refractivity contribution in [3.8, 4) is 0 Å². The van der Waals surface area contributed by atoms with Crippen LogP contribution in [0.15, 0.2) is 41.3 Å². The molecule has 6 rings (SSSR count). The van der Waals surface area contributed by atoms with Gasteiger partial charge in [-0.2, -0.15) is 5.10 Å². The van der Waals surface area contributed by atoms with Gasteiger partial charge in [-0.05, 0) is 54.0 Å². The number of rotatable bonds is 4. The fourth-order valence-electron chi connectivity index (χ4n) is 6.36. The molecule has 1 atom stereocenters. The standard InChI is InChI=1S/C31H35ClN6O3/c1-31(2,3)17-38-16-22-19(13-23(32)28-21(22)15-33-36-28)12-20(30(38)41)14-26(39)37-10-8-18(9-11-37)27-29(40)35-25-7-5-4-6-24(25)34-27/h4-7,13,15,18,20H,8-12,14,16-17H2,1-3H3,(H,33,36)(H,35,40). The molecule has 2 amide bonds. The monoisotopic (exact) mass is 574 g/mol. The molecule has 2 aliphatic heterocycles. The number of likely N-dealkylation sites (tertiary alicyclic amines) is 1. The zero-order valence-corrected chi connectivity index (χ0v) is 24.4. The highest BCUT2D eigenvalue weighted by Gasteiger charge is 2.36. The zero-order valence-electron chi connectivity index (χ0n) is 23.7. The molecule has 1 saturated heterocycles. The maximum atomic E-state index is 13.9. The Kier molecular flexibility index (Phi) is 7.09. The fourth-order valence-corrected chi connectivity index (χ4v) is 6.64. The van der Waals surface area contributed by atoms with E-state index < -0.39 is 5.92 Å². The van der Waals surface area contributed by atoms with Gasteiger partial charge in [-0.25, -0.2) is 4.98 Å². The molecule has 0 bridgehead atoms. The molecular formula is C31H35ClN6O3. The Morgan fingerprint density at radius 1 is 1.15 bits per heavy atom. The van der Waals surface area contributed by atoms with Crippen molar-refractivity contribution in [2.45, 2.75) is 58.9 Å². The molecule has 1 fully saturated rings. The van der Waals surface area contributed by atoms with E-state index in [0.717, 1.165) is 33.1 Å². The highest BCUT2D eigenvalue weighted by Crippen LogP contribution is 2.35. The lowest BCUT2D eigenvalue weighted by molar-refractivity contribution is -0.142. The van der Waals surface area contributed by atoms with Crippen molar-refractivity contribution >= 4 is 45.4 Å². The smallest absolute Gasteiger partial charge is 0.270 e. The number of nitrogens with one attached hydrogen (secondary N) is 2. The topological polar surface area (TPSA) is 115 Å². The van der Waals surface area contributed by atoms with Crippen LogP contribution in [0.5, 0.6) is 0 Å². The van der Waals surface area contributed by atoms with Crippen LogP contribution < -0.4 is 5.56 Å². The van der Waals surface area contributed by atoms with Gasteiger partial charge in [-0.3, -0.25) is 19.5 Å². The van der Waals surface area contributed by atoms with Gasteiger partial charge in [0, 0.05) is 43.9 Å². The summed E-state index contributed by atoms with van der Waals surface area (Å²) in [5, 5.41) is 8.66. The van der Waals surface area contributed by atoms with Gasteiger partial charge in [0.1, 0.15) is 5.69 Å². The third-order valence-electron chi connectivity index (χ3n) is 8.31. The van der Waals surface area contributed by atoms with Gasteiger partial charge in [0.2, 0.25) is 11.8 Å². The Morgan fingerprint density at radius 2 is 1.90 bits per heavy atom. The van der Waals surface area contributed by atoms with Crippen LogP contribution in [-0.4, -0.2) is 61.4 Å². The number of amides is 2. The first-order valence-electron chi connectivity index (χ1n) is 14.3. The first kappa shape index (κ1) is 27.4. The minimum absolute atomic E-state index is 0.000902. The van der Waals surface area contributed by atoms with Crippen molar-refractivity contribution in [1.82, 2.24) is 30.0 Å². The second kappa shape index (κ2) is 10.6. The van der Waals surface area contributed by atoms with Crippen LogP contribution in [0, 0.1) is 11.3 Å². The summed E-state index contributed by atoms with van der Waals surface area (Å²) >= 11 is 6.58. The molecule has 2 aromatic heterocycles. The number of fused-ring (bicyclic) bond motifs is 4. The number of H-pyrrole nitrogens is 2. The number of aromatic nitrogens is 4. The summed E-state index contributed by atoms with van der Waals surface area (Å²) in [5.41, 5.74) is 4.55. The van der Waals surface area contributed by atoms with Gasteiger partial charge in [-0.15, -0.1) is 0 Å². The summed E-state index contributed by atoms with van der Waals surface area (Å²) in [6, 6.07) is 9.43. The molecule has 1 unspecified atom stereocenters. The normalized spacial score (nSPS) is 18.6. The number of benzene rings is 2. The molecule has 10 heteroatoms. The lowest BCUT2D eigenvalue weighted by Crippen LogP contribution is -2.43. The molecule has 0 aliphatic carbocycles. The van der Waals surface area contributed by atoms with E-state index in [-0.39, 0.29) is 35.1 Å². The number of aromatic amines is 2. The lowest BCUT2D eigenvalue weighted by Gasteiger charge is -2.33. The third-order valence-corrected chi connectivity index (χ3v) is 8.61. The van der Waals surface area contributed by atoms with Crippen molar-refractivity contribution in [2.75, 3.05) is 19.6 Å². The maximum Gasteiger partial charge on any atom is 0.270 e. The number of hydrogen-bond donors (Lipinski definition) is 2. The summed E-state index contributed by atoms with van der Waals surface area (Å²) in [6.07, 6.45) is 3.68. The second-order valence-corrected chi connectivity index (χ2v) is 13.0. The van der Waals surface area contributed by atoms with Crippen LogP contribution in [0.1, 0.15) is 62.8 Å². The Balaban J connectivity index is 1.20. The largest absolute Gasteiger partial charge is 0.343 e. The lowest BCUT2D eigenvalue weighted by atomic mass is 9.90. The van der Waals surface area contributed by atoms with E-state index in [1.54, 1.807) is 6.20 Å². The van der Waals surface area contributed by atoms with Crippen LogP contribution in [-0.2, 0) is 22.6 Å². The van der Waals surface area contributed by atoms with Crippen molar-refractivity contribution in [2.24, 2.45) is 11.3 Å². The van der Waals surface area contributed by atoms with E-state index in [1.165, 1.54) is 0 Å². The van der Waals surface area contributed by atoms with Crippen LogP contribution in [0.3, 0.4) is 0 Å². The predicted octanol–water partition coefficient (Wildman–Crippen LogP) is 4.80. The first-order valence-corrected chi connectivity index (χ1v) is 14.6. The van der Waals surface area contributed by atoms with E-state index in [9.17, 15) is 14.4 Å². The average Bonchev–Trinajstić information content (AvgIpc) is 3.39. The van der Waals surface area contributed by atoms with Gasteiger partial charge in [0.05, 0.1) is 33.7 Å². The number of hydrogen-bond acceptors (Lipinski definition) is 5. The summed E-state index contributed by atoms with van der Waals surface area (Å²) in [4.78, 5) is 51.6.